The van der Waals surface area contributed by atoms with Crippen LogP contribution >= 0.6 is 0 Å². The van der Waals surface area contributed by atoms with Gasteiger partial charge in [-0.1, -0.05) is 0 Å². The van der Waals surface area contributed by atoms with Gasteiger partial charge in [-0.3, -0.25) is 4.68 Å². The van der Waals surface area contributed by atoms with Crippen molar-refractivity contribution in [1.82, 2.24) is 15.1 Å². The Kier molecular flexibility index (Phi) is 4.54. The molecule has 0 aliphatic heterocycles. The van der Waals surface area contributed by atoms with Gasteiger partial charge in [0.05, 0.1) is 6.20 Å². The summed E-state index contributed by atoms with van der Waals surface area (Å²) in [6.45, 7) is 4.19. The molecule has 1 aromatic heterocycles. The van der Waals surface area contributed by atoms with Gasteiger partial charge in [-0.05, 0) is 45.3 Å². The van der Waals surface area contributed by atoms with Gasteiger partial charge < -0.3 is 5.32 Å². The lowest BCUT2D eigenvalue weighted by Crippen LogP contribution is -2.07. The third-order valence-electron chi connectivity index (χ3n) is 2.15. The van der Waals surface area contributed by atoms with Crippen molar-refractivity contribution in [2.75, 3.05) is 13.6 Å². The number of nitrogens with zero attached hydrogens (tertiary/aromatic N) is 2. The third-order valence-corrected chi connectivity index (χ3v) is 2.15. The van der Waals surface area contributed by atoms with Crippen LogP contribution in [-0.2, 0) is 13.0 Å². The molecule has 1 rings (SSSR count). The predicted molar refractivity (Wildman–Crippen MR) is 54.8 cm³/mol. The SMILES string of the molecule is CCn1cc(CCCCNC)cn1. The first-order chi connectivity index (χ1) is 6.36. The zero-order valence-corrected chi connectivity index (χ0v) is 8.58. The van der Waals surface area contributed by atoms with Gasteiger partial charge in [-0.15, -0.1) is 0 Å². The highest BCUT2D eigenvalue weighted by Gasteiger charge is 1.96. The van der Waals surface area contributed by atoms with Crippen molar-refractivity contribution in [3.05, 3.63) is 18.0 Å². The second-order valence-corrected chi connectivity index (χ2v) is 3.26. The first kappa shape index (κ1) is 10.3. The maximum absolute atomic E-state index is 4.23. The molecule has 1 N–H and O–H groups in total. The zero-order valence-electron chi connectivity index (χ0n) is 8.58. The standard InChI is InChI=1S/C10H19N3/c1-3-13-9-10(8-12-13)6-4-5-7-11-2/h8-9,11H,3-7H2,1-2H3. The molecule has 0 saturated carbocycles. The quantitative estimate of drug-likeness (QED) is 0.673. The average molecular weight is 181 g/mol. The van der Waals surface area contributed by atoms with E-state index in [9.17, 15) is 0 Å². The number of hydrogen-bond acceptors (Lipinski definition) is 2. The molecule has 3 heteroatoms. The van der Waals surface area contributed by atoms with Crippen LogP contribution in [0.15, 0.2) is 12.4 Å². The normalized spacial score (nSPS) is 10.6. The molecule has 0 amide bonds. The first-order valence-corrected chi connectivity index (χ1v) is 5.02. The number of nitrogens with one attached hydrogen (secondary N) is 1. The molecule has 0 aliphatic rings. The van der Waals surface area contributed by atoms with E-state index in [0.717, 1.165) is 19.5 Å². The fourth-order valence-corrected chi connectivity index (χ4v) is 1.34. The minimum atomic E-state index is 0.969. The highest BCUT2D eigenvalue weighted by atomic mass is 15.3. The van der Waals surface area contributed by atoms with E-state index < -0.39 is 0 Å². The Morgan fingerprint density at radius 1 is 1.46 bits per heavy atom. The summed E-state index contributed by atoms with van der Waals surface area (Å²) in [6.07, 6.45) is 7.76. The fourth-order valence-electron chi connectivity index (χ4n) is 1.34. The van der Waals surface area contributed by atoms with Crippen molar-refractivity contribution in [2.24, 2.45) is 0 Å². The highest BCUT2D eigenvalue weighted by molar-refractivity contribution is 5.03. The minimum Gasteiger partial charge on any atom is -0.320 e. The second kappa shape index (κ2) is 5.75. The maximum Gasteiger partial charge on any atom is 0.0521 e. The number of unbranched alkanes of at least 4 members (excludes halogenated alkanes) is 1. The summed E-state index contributed by atoms with van der Waals surface area (Å²) in [5, 5.41) is 7.38. The van der Waals surface area contributed by atoms with Gasteiger partial charge in [-0.25, -0.2) is 0 Å². The summed E-state index contributed by atoms with van der Waals surface area (Å²) in [7, 11) is 2.00. The summed E-state index contributed by atoms with van der Waals surface area (Å²) in [6, 6.07) is 0. The van der Waals surface area contributed by atoms with E-state index in [-0.39, 0.29) is 0 Å². The van der Waals surface area contributed by atoms with Crippen LogP contribution in [0.5, 0.6) is 0 Å². The van der Waals surface area contributed by atoms with E-state index in [1.807, 2.05) is 17.9 Å². The van der Waals surface area contributed by atoms with Crippen molar-refractivity contribution in [2.45, 2.75) is 32.7 Å². The molecular formula is C10H19N3. The number of aromatic nitrogens is 2. The van der Waals surface area contributed by atoms with Crippen molar-refractivity contribution in [1.29, 1.82) is 0 Å². The summed E-state index contributed by atoms with van der Waals surface area (Å²) in [5.41, 5.74) is 1.36. The van der Waals surface area contributed by atoms with Gasteiger partial charge in [0.15, 0.2) is 0 Å². The van der Waals surface area contributed by atoms with E-state index in [1.165, 1.54) is 18.4 Å². The molecule has 0 unspecified atom stereocenters. The van der Waals surface area contributed by atoms with Crippen LogP contribution in [0.2, 0.25) is 0 Å². The lowest BCUT2D eigenvalue weighted by atomic mass is 10.1. The Balaban J connectivity index is 2.20. The smallest absolute Gasteiger partial charge is 0.0521 e. The lowest BCUT2D eigenvalue weighted by Gasteiger charge is -1.97. The first-order valence-electron chi connectivity index (χ1n) is 5.02. The highest BCUT2D eigenvalue weighted by Crippen LogP contribution is 2.03. The second-order valence-electron chi connectivity index (χ2n) is 3.26. The van der Waals surface area contributed by atoms with Gasteiger partial charge in [-0.2, -0.15) is 5.10 Å². The van der Waals surface area contributed by atoms with Crippen LogP contribution in [0.1, 0.15) is 25.3 Å². The maximum atomic E-state index is 4.23. The molecule has 13 heavy (non-hydrogen) atoms. The topological polar surface area (TPSA) is 29.9 Å². The predicted octanol–water partition coefficient (Wildman–Crippen LogP) is 1.45. The number of aryl methyl sites for hydroxylation is 2. The van der Waals surface area contributed by atoms with Crippen LogP contribution < -0.4 is 5.32 Å². The Morgan fingerprint density at radius 2 is 2.31 bits per heavy atom. The molecular weight excluding hydrogens is 162 g/mol. The summed E-state index contributed by atoms with van der Waals surface area (Å²) in [5.74, 6) is 0. The molecule has 3 nitrogen and oxygen atoms in total. The molecule has 0 radical (unpaired) electrons. The van der Waals surface area contributed by atoms with Crippen molar-refractivity contribution >= 4 is 0 Å². The molecule has 1 heterocycles. The number of rotatable bonds is 6. The van der Waals surface area contributed by atoms with Crippen LogP contribution in [0, 0.1) is 0 Å². The van der Waals surface area contributed by atoms with Gasteiger partial charge in [0.2, 0.25) is 0 Å². The summed E-state index contributed by atoms with van der Waals surface area (Å²) >= 11 is 0. The molecule has 0 spiro atoms. The minimum absolute atomic E-state index is 0.969. The van der Waals surface area contributed by atoms with E-state index in [1.54, 1.807) is 0 Å². The van der Waals surface area contributed by atoms with Gasteiger partial charge in [0.1, 0.15) is 0 Å². The Hall–Kier alpha value is -0.830. The van der Waals surface area contributed by atoms with E-state index in [4.69, 9.17) is 0 Å². The van der Waals surface area contributed by atoms with Crippen LogP contribution in [-0.4, -0.2) is 23.4 Å². The Bertz CT molecular complexity index is 230. The molecule has 74 valence electrons. The van der Waals surface area contributed by atoms with Crippen LogP contribution in [0.4, 0.5) is 0 Å². The molecule has 0 aliphatic carbocycles. The largest absolute Gasteiger partial charge is 0.320 e. The van der Waals surface area contributed by atoms with E-state index in [0.29, 0.717) is 0 Å². The molecule has 0 saturated heterocycles. The summed E-state index contributed by atoms with van der Waals surface area (Å²) in [4.78, 5) is 0. The Labute approximate surface area is 80.1 Å². The van der Waals surface area contributed by atoms with Crippen molar-refractivity contribution < 1.29 is 0 Å². The fraction of sp³-hybridized carbons (Fsp3) is 0.700. The molecule has 0 aromatic carbocycles. The van der Waals surface area contributed by atoms with Crippen LogP contribution in [0.3, 0.4) is 0 Å². The third kappa shape index (κ3) is 3.59. The van der Waals surface area contributed by atoms with Gasteiger partial charge >= 0.3 is 0 Å². The molecule has 0 fully saturated rings. The monoisotopic (exact) mass is 181 g/mol. The number of hydrogen-bond donors (Lipinski definition) is 1. The van der Waals surface area contributed by atoms with E-state index >= 15 is 0 Å². The van der Waals surface area contributed by atoms with E-state index in [2.05, 4.69) is 23.5 Å². The van der Waals surface area contributed by atoms with Crippen LogP contribution in [0.25, 0.3) is 0 Å². The summed E-state index contributed by atoms with van der Waals surface area (Å²) < 4.78 is 1.98. The van der Waals surface area contributed by atoms with Gasteiger partial charge in [0, 0.05) is 12.7 Å². The van der Waals surface area contributed by atoms with Crippen molar-refractivity contribution in [3.63, 3.8) is 0 Å². The van der Waals surface area contributed by atoms with Gasteiger partial charge in [0.25, 0.3) is 0 Å². The Morgan fingerprint density at radius 3 is 2.92 bits per heavy atom. The molecule has 0 atom stereocenters. The van der Waals surface area contributed by atoms with Crippen molar-refractivity contribution in [3.8, 4) is 0 Å². The zero-order chi connectivity index (χ0) is 9.52. The average Bonchev–Trinajstić information content (AvgIpc) is 2.60. The lowest BCUT2D eigenvalue weighted by molar-refractivity contribution is 0.656. The molecule has 0 bridgehead atoms. The molecule has 1 aromatic rings.